The summed E-state index contributed by atoms with van der Waals surface area (Å²) >= 11 is 24.4. The number of rotatable bonds is 7. The van der Waals surface area contributed by atoms with Crippen molar-refractivity contribution in [3.05, 3.63) is 57.3 Å². The molecule has 4 unspecified atom stereocenters. The fraction of sp³-hybridized carbons (Fsp3) is 0.391. The fourth-order valence-electron chi connectivity index (χ4n) is 5.64. The molecule has 0 radical (unpaired) electrons. The van der Waals surface area contributed by atoms with E-state index >= 15 is 0 Å². The lowest BCUT2D eigenvalue weighted by Gasteiger charge is -2.40. The molecule has 0 aliphatic carbocycles. The molecule has 0 spiro atoms. The number of allylic oxidation sites excluding steroid dienone is 3. The Bertz CT molecular complexity index is 1200. The van der Waals surface area contributed by atoms with E-state index in [1.807, 2.05) is 0 Å². The molecule has 192 valence electrons. The molecule has 36 heavy (non-hydrogen) atoms. The summed E-state index contributed by atoms with van der Waals surface area (Å²) < 4.78 is 29.5. The molecule has 1 N–H and O–H groups in total. The zero-order valence-corrected chi connectivity index (χ0v) is 21.8. The molecule has 3 aliphatic rings. The van der Waals surface area contributed by atoms with Crippen LogP contribution in [0, 0.1) is 11.8 Å². The van der Waals surface area contributed by atoms with Crippen molar-refractivity contribution in [3.63, 3.8) is 0 Å². The minimum absolute atomic E-state index is 0.0483. The van der Waals surface area contributed by atoms with Gasteiger partial charge >= 0.3 is 0 Å². The molecule has 4 heterocycles. The predicted octanol–water partition coefficient (Wildman–Crippen LogP) is 4.52. The second-order valence-corrected chi connectivity index (χ2v) is 10.4. The number of imide groups is 1. The number of aromatic nitrogens is 1. The number of anilines is 1. The number of pyridine rings is 1. The van der Waals surface area contributed by atoms with Crippen LogP contribution in [0.2, 0.25) is 10.2 Å². The number of amides is 3. The summed E-state index contributed by atoms with van der Waals surface area (Å²) in [6, 6.07) is 1.65. The molecule has 4 atom stereocenters. The Kier molecular flexibility index (Phi) is 7.27. The Labute approximate surface area is 225 Å². The summed E-state index contributed by atoms with van der Waals surface area (Å²) in [4.78, 5) is 45.3. The van der Waals surface area contributed by atoms with Crippen LogP contribution in [0.4, 0.5) is 14.6 Å². The Morgan fingerprint density at radius 2 is 2.00 bits per heavy atom. The van der Waals surface area contributed by atoms with Crippen LogP contribution in [0.25, 0.3) is 0 Å². The number of halogens is 6. The minimum atomic E-state index is -3.12. The van der Waals surface area contributed by atoms with Gasteiger partial charge in [-0.3, -0.25) is 19.3 Å². The maximum atomic E-state index is 14.8. The van der Waals surface area contributed by atoms with Crippen LogP contribution < -0.4 is 10.2 Å². The Morgan fingerprint density at radius 3 is 2.58 bits per heavy atom. The highest BCUT2D eigenvalue weighted by Gasteiger charge is 2.72. The highest BCUT2D eigenvalue weighted by atomic mass is 35.5. The van der Waals surface area contributed by atoms with Crippen LogP contribution in [0.5, 0.6) is 0 Å². The van der Waals surface area contributed by atoms with Gasteiger partial charge in [0.2, 0.25) is 18.2 Å². The van der Waals surface area contributed by atoms with Gasteiger partial charge in [-0.05, 0) is 24.6 Å². The number of alkyl halides is 3. The highest BCUT2D eigenvalue weighted by Crippen LogP contribution is 2.58. The third-order valence-electron chi connectivity index (χ3n) is 6.97. The molecule has 0 bridgehead atoms. The molecule has 1 aromatic rings. The van der Waals surface area contributed by atoms with Crippen molar-refractivity contribution in [2.45, 2.75) is 30.8 Å². The van der Waals surface area contributed by atoms with Crippen molar-refractivity contribution in [3.8, 4) is 0 Å². The monoisotopic (exact) mass is 578 g/mol. The predicted molar refractivity (Wildman–Crippen MR) is 133 cm³/mol. The second-order valence-electron chi connectivity index (χ2n) is 8.91. The molecule has 3 fully saturated rings. The molecule has 7 nitrogen and oxygen atoms in total. The normalized spacial score (nSPS) is 30.2. The summed E-state index contributed by atoms with van der Waals surface area (Å²) in [6.45, 7) is 4.46. The molecule has 3 amide bonds. The van der Waals surface area contributed by atoms with Crippen molar-refractivity contribution >= 4 is 70.4 Å². The first kappa shape index (κ1) is 27.0. The van der Waals surface area contributed by atoms with Gasteiger partial charge in [0.25, 0.3) is 5.92 Å². The van der Waals surface area contributed by atoms with Crippen LogP contribution in [-0.2, 0) is 14.4 Å². The first-order valence-corrected chi connectivity index (χ1v) is 12.4. The summed E-state index contributed by atoms with van der Waals surface area (Å²) in [5, 5.41) is 2.69. The zero-order valence-electron chi connectivity index (χ0n) is 18.8. The van der Waals surface area contributed by atoms with E-state index in [0.29, 0.717) is 6.41 Å². The standard InChI is InChI=1S/C23H20Cl4F2N4O3/c1-3-11(25)4-13(14(8-24)30-10-34)22(2)19-18(15-7-23(28,29)9-32(15)22)20(35)33(21(19)36)17-6-12(26)5-16(27)31-17/h3-6,10,15,18-19H,1,7-9H2,2H3,(H,30,34)/b11-4+,14-13-. The number of hydrogen-bond donors (Lipinski definition) is 1. The van der Waals surface area contributed by atoms with Gasteiger partial charge in [0.1, 0.15) is 11.0 Å². The average Bonchev–Trinajstić information content (AvgIpc) is 3.34. The average molecular weight is 580 g/mol. The largest absolute Gasteiger partial charge is 0.331 e. The van der Waals surface area contributed by atoms with Crippen LogP contribution >= 0.6 is 46.4 Å². The smallest absolute Gasteiger partial charge is 0.262 e. The molecule has 1 aromatic heterocycles. The van der Waals surface area contributed by atoms with Gasteiger partial charge in [-0.1, -0.05) is 47.5 Å². The van der Waals surface area contributed by atoms with Crippen LogP contribution in [0.1, 0.15) is 13.3 Å². The van der Waals surface area contributed by atoms with E-state index in [1.54, 1.807) is 6.92 Å². The first-order chi connectivity index (χ1) is 16.9. The SMILES string of the molecule is C=C/C(Cl)=C\C(=C(/CCl)NC=O)C1(C)C2C(=O)N(c3cc(Cl)cc(Cl)n3)C(=O)C2C2CC(F)(F)CN21. The van der Waals surface area contributed by atoms with Gasteiger partial charge in [0, 0.05) is 34.3 Å². The number of nitrogens with one attached hydrogen (secondary N) is 1. The lowest BCUT2D eigenvalue weighted by Crippen LogP contribution is -2.53. The van der Waals surface area contributed by atoms with E-state index in [4.69, 9.17) is 46.4 Å². The van der Waals surface area contributed by atoms with Gasteiger partial charge in [-0.25, -0.2) is 18.7 Å². The van der Waals surface area contributed by atoms with Gasteiger partial charge in [-0.15, -0.1) is 11.6 Å². The molecule has 0 saturated carbocycles. The van der Waals surface area contributed by atoms with Crippen molar-refractivity contribution in [1.82, 2.24) is 15.2 Å². The maximum absolute atomic E-state index is 14.8. The fourth-order valence-corrected chi connectivity index (χ4v) is 6.43. The number of carbonyl (C=O) groups excluding carboxylic acids is 3. The van der Waals surface area contributed by atoms with E-state index < -0.39 is 54.1 Å². The van der Waals surface area contributed by atoms with Gasteiger partial charge in [0.15, 0.2) is 0 Å². The van der Waals surface area contributed by atoms with Crippen LogP contribution in [0.3, 0.4) is 0 Å². The van der Waals surface area contributed by atoms with Crippen molar-refractivity contribution in [2.24, 2.45) is 11.8 Å². The van der Waals surface area contributed by atoms with Crippen LogP contribution in [-0.4, -0.2) is 58.0 Å². The van der Waals surface area contributed by atoms with E-state index in [2.05, 4.69) is 16.9 Å². The van der Waals surface area contributed by atoms with Gasteiger partial charge < -0.3 is 5.32 Å². The Balaban J connectivity index is 1.96. The maximum Gasteiger partial charge on any atom is 0.262 e. The van der Waals surface area contributed by atoms with Crippen molar-refractivity contribution < 1.29 is 23.2 Å². The minimum Gasteiger partial charge on any atom is -0.331 e. The van der Waals surface area contributed by atoms with E-state index in [9.17, 15) is 23.2 Å². The molecular formula is C23H20Cl4F2N4O3. The number of carbonyl (C=O) groups is 3. The second kappa shape index (κ2) is 9.68. The molecular weight excluding hydrogens is 560 g/mol. The highest BCUT2D eigenvalue weighted by molar-refractivity contribution is 6.35. The van der Waals surface area contributed by atoms with Crippen molar-refractivity contribution in [2.75, 3.05) is 17.3 Å². The Hall–Kier alpha value is -2.04. The van der Waals surface area contributed by atoms with Gasteiger partial charge in [-0.2, -0.15) is 0 Å². The summed E-state index contributed by atoms with van der Waals surface area (Å²) in [5.41, 5.74) is -1.15. The van der Waals surface area contributed by atoms with Gasteiger partial charge in [0.05, 0.1) is 29.8 Å². The lowest BCUT2D eigenvalue weighted by molar-refractivity contribution is -0.124. The number of hydrogen-bond acceptors (Lipinski definition) is 5. The Morgan fingerprint density at radius 1 is 1.31 bits per heavy atom. The summed E-state index contributed by atoms with van der Waals surface area (Å²) in [7, 11) is 0. The third kappa shape index (κ3) is 4.24. The molecule has 13 heteroatoms. The number of nitrogens with zero attached hydrogens (tertiary/aromatic N) is 3. The van der Waals surface area contributed by atoms with E-state index in [0.717, 1.165) is 4.90 Å². The quantitative estimate of drug-likeness (QED) is 0.169. The molecule has 3 aliphatic heterocycles. The first-order valence-electron chi connectivity index (χ1n) is 10.7. The van der Waals surface area contributed by atoms with Crippen molar-refractivity contribution in [1.29, 1.82) is 0 Å². The van der Waals surface area contributed by atoms with E-state index in [1.165, 1.54) is 29.2 Å². The lowest BCUT2D eigenvalue weighted by atomic mass is 9.74. The van der Waals surface area contributed by atoms with E-state index in [-0.39, 0.29) is 38.2 Å². The summed E-state index contributed by atoms with van der Waals surface area (Å²) in [5.74, 6) is -7.08. The molecule has 3 saturated heterocycles. The zero-order chi connectivity index (χ0) is 26.6. The third-order valence-corrected chi connectivity index (χ3v) is 7.91. The summed E-state index contributed by atoms with van der Waals surface area (Å²) in [6.07, 6.45) is 2.47. The number of fused-ring (bicyclic) bond motifs is 3. The topological polar surface area (TPSA) is 82.6 Å². The molecule has 4 rings (SSSR count). The molecule has 0 aromatic carbocycles. The van der Waals surface area contributed by atoms with Crippen LogP contribution in [0.15, 0.2) is 47.2 Å².